The SMILES string of the molecule is CCCN1C(=O)/C(=C/c2cc(F)c(O)c(F)c2)SC1=S.O=C=O. The molecule has 2 rings (SSSR count). The molecule has 0 unspecified atom stereocenters. The Morgan fingerprint density at radius 2 is 1.87 bits per heavy atom. The number of carbonyl (C=O) groups is 1. The molecule has 1 amide bonds. The Morgan fingerprint density at radius 3 is 2.35 bits per heavy atom. The van der Waals surface area contributed by atoms with Crippen LogP contribution < -0.4 is 0 Å². The van der Waals surface area contributed by atoms with Gasteiger partial charge in [-0.15, -0.1) is 0 Å². The molecule has 0 saturated carbocycles. The maximum absolute atomic E-state index is 13.2. The zero-order chi connectivity index (χ0) is 17.6. The normalized spacial score (nSPS) is 15.4. The van der Waals surface area contributed by atoms with Gasteiger partial charge in [0.1, 0.15) is 4.32 Å². The second kappa shape index (κ2) is 8.52. The molecule has 0 spiro atoms. The van der Waals surface area contributed by atoms with E-state index in [0.717, 1.165) is 30.3 Å². The summed E-state index contributed by atoms with van der Waals surface area (Å²) in [7, 11) is 0. The highest BCUT2D eigenvalue weighted by Crippen LogP contribution is 2.33. The smallest absolute Gasteiger partial charge is 0.373 e. The summed E-state index contributed by atoms with van der Waals surface area (Å²) in [6, 6.07) is 1.93. The molecule has 0 aliphatic carbocycles. The summed E-state index contributed by atoms with van der Waals surface area (Å²) in [4.78, 5) is 30.1. The van der Waals surface area contributed by atoms with E-state index < -0.39 is 17.4 Å². The van der Waals surface area contributed by atoms with Gasteiger partial charge in [-0.2, -0.15) is 9.59 Å². The second-order valence-corrected chi connectivity index (χ2v) is 5.93. The molecule has 1 aliphatic heterocycles. The first-order valence-electron chi connectivity index (χ1n) is 6.28. The number of rotatable bonds is 3. The Morgan fingerprint density at radius 1 is 1.35 bits per heavy atom. The number of amides is 1. The fourth-order valence-electron chi connectivity index (χ4n) is 1.74. The van der Waals surface area contributed by atoms with Gasteiger partial charge in [-0.05, 0) is 30.2 Å². The molecule has 0 radical (unpaired) electrons. The molecule has 1 aromatic rings. The van der Waals surface area contributed by atoms with Crippen LogP contribution >= 0.6 is 24.0 Å². The Bertz CT molecular complexity index is 677. The number of benzene rings is 1. The molecule has 0 bridgehead atoms. The van der Waals surface area contributed by atoms with Crippen molar-refractivity contribution >= 4 is 46.4 Å². The van der Waals surface area contributed by atoms with Gasteiger partial charge in [0.25, 0.3) is 5.91 Å². The number of thiocarbonyl (C=S) groups is 1. The van der Waals surface area contributed by atoms with Crippen LogP contribution in [-0.2, 0) is 14.4 Å². The lowest BCUT2D eigenvalue weighted by Gasteiger charge is -2.11. The van der Waals surface area contributed by atoms with Crippen molar-refractivity contribution in [2.75, 3.05) is 6.54 Å². The van der Waals surface area contributed by atoms with Gasteiger partial charge >= 0.3 is 6.15 Å². The molecule has 122 valence electrons. The number of halogens is 2. The van der Waals surface area contributed by atoms with Crippen LogP contribution in [0.1, 0.15) is 18.9 Å². The first kappa shape index (κ1) is 19.0. The highest BCUT2D eigenvalue weighted by atomic mass is 32.2. The Balaban J connectivity index is 0.000000816. The number of carbonyl (C=O) groups excluding carboxylic acids is 3. The van der Waals surface area contributed by atoms with E-state index in [-0.39, 0.29) is 17.6 Å². The fraction of sp³-hybridized carbons (Fsp3) is 0.214. The van der Waals surface area contributed by atoms with Gasteiger partial charge in [0.2, 0.25) is 0 Å². The molecule has 1 aromatic carbocycles. The van der Waals surface area contributed by atoms with E-state index in [9.17, 15) is 13.6 Å². The fourth-order valence-corrected chi connectivity index (χ4v) is 3.04. The molecule has 0 atom stereocenters. The van der Waals surface area contributed by atoms with Crippen LogP contribution in [-0.4, -0.2) is 32.9 Å². The van der Waals surface area contributed by atoms with Crippen LogP contribution in [0.2, 0.25) is 0 Å². The van der Waals surface area contributed by atoms with Crippen molar-refractivity contribution < 1.29 is 28.3 Å². The van der Waals surface area contributed by atoms with Gasteiger partial charge in [-0.3, -0.25) is 9.69 Å². The number of phenolic OH excluding ortho intramolecular Hbond substituents is 1. The summed E-state index contributed by atoms with van der Waals surface area (Å²) in [6.07, 6.45) is 2.38. The average Bonchev–Trinajstić information content (AvgIpc) is 2.73. The molecule has 0 aromatic heterocycles. The van der Waals surface area contributed by atoms with E-state index in [1.165, 1.54) is 11.0 Å². The number of hydrogen-bond acceptors (Lipinski definition) is 6. The Kier molecular flexibility index (Phi) is 7.02. The first-order chi connectivity index (χ1) is 10.8. The zero-order valence-corrected chi connectivity index (χ0v) is 13.5. The molecule has 1 saturated heterocycles. The predicted molar refractivity (Wildman–Crippen MR) is 83.2 cm³/mol. The largest absolute Gasteiger partial charge is 0.503 e. The molecule has 1 N–H and O–H groups in total. The number of hydrogen-bond donors (Lipinski definition) is 1. The monoisotopic (exact) mass is 359 g/mol. The number of phenols is 1. The minimum Gasteiger partial charge on any atom is -0.503 e. The van der Waals surface area contributed by atoms with Crippen molar-refractivity contribution in [3.05, 3.63) is 34.2 Å². The van der Waals surface area contributed by atoms with E-state index in [1.54, 1.807) is 0 Å². The third-order valence-electron chi connectivity index (χ3n) is 2.66. The van der Waals surface area contributed by atoms with Gasteiger partial charge in [0.05, 0.1) is 4.91 Å². The molecular weight excluding hydrogens is 348 g/mol. The Hall–Kier alpha value is -2.09. The molecule has 5 nitrogen and oxygen atoms in total. The second-order valence-electron chi connectivity index (χ2n) is 4.25. The maximum Gasteiger partial charge on any atom is 0.373 e. The first-order valence-corrected chi connectivity index (χ1v) is 7.50. The van der Waals surface area contributed by atoms with Crippen molar-refractivity contribution in [2.24, 2.45) is 0 Å². The van der Waals surface area contributed by atoms with Gasteiger partial charge in [0.15, 0.2) is 17.4 Å². The van der Waals surface area contributed by atoms with Crippen molar-refractivity contribution in [1.82, 2.24) is 4.90 Å². The van der Waals surface area contributed by atoms with Crippen LogP contribution in [0.5, 0.6) is 5.75 Å². The summed E-state index contributed by atoms with van der Waals surface area (Å²) >= 11 is 6.18. The quantitative estimate of drug-likeness (QED) is 0.661. The van der Waals surface area contributed by atoms with Crippen molar-refractivity contribution in [3.63, 3.8) is 0 Å². The van der Waals surface area contributed by atoms with Gasteiger partial charge in [-0.25, -0.2) is 8.78 Å². The third-order valence-corrected chi connectivity index (χ3v) is 4.04. The minimum atomic E-state index is -1.07. The standard InChI is InChI=1S/C13H11F2NO2S2.CO2/c1-2-3-16-12(18)10(20-13(16)19)6-7-4-8(14)11(17)9(15)5-7;2-1-3/h4-6,17H,2-3H2,1H3;/b10-6-;. The van der Waals surface area contributed by atoms with Gasteiger partial charge < -0.3 is 5.11 Å². The van der Waals surface area contributed by atoms with Crippen LogP contribution in [0.3, 0.4) is 0 Å². The predicted octanol–water partition coefficient (Wildman–Crippen LogP) is 2.70. The van der Waals surface area contributed by atoms with E-state index in [1.807, 2.05) is 6.92 Å². The summed E-state index contributed by atoms with van der Waals surface area (Å²) in [5, 5.41) is 9.03. The molecular formula is C14H11F2NO4S2. The van der Waals surface area contributed by atoms with Crippen molar-refractivity contribution in [3.8, 4) is 5.75 Å². The lowest BCUT2D eigenvalue weighted by molar-refractivity contribution is -0.191. The van der Waals surface area contributed by atoms with Crippen LogP contribution in [0, 0.1) is 11.6 Å². The lowest BCUT2D eigenvalue weighted by Crippen LogP contribution is -2.28. The van der Waals surface area contributed by atoms with E-state index in [2.05, 4.69) is 0 Å². The van der Waals surface area contributed by atoms with Crippen molar-refractivity contribution in [2.45, 2.75) is 13.3 Å². The van der Waals surface area contributed by atoms with E-state index in [4.69, 9.17) is 26.9 Å². The number of nitrogens with zero attached hydrogens (tertiary/aromatic N) is 1. The molecule has 1 heterocycles. The molecule has 1 aliphatic rings. The van der Waals surface area contributed by atoms with Crippen LogP contribution in [0.25, 0.3) is 6.08 Å². The summed E-state index contributed by atoms with van der Waals surface area (Å²) in [5.41, 5.74) is 0.162. The van der Waals surface area contributed by atoms with Crippen molar-refractivity contribution in [1.29, 1.82) is 0 Å². The minimum absolute atomic E-state index is 0.162. The molecule has 1 fully saturated rings. The van der Waals surface area contributed by atoms with Gasteiger partial charge in [0, 0.05) is 6.54 Å². The Labute approximate surface area is 140 Å². The average molecular weight is 359 g/mol. The summed E-state index contributed by atoms with van der Waals surface area (Å²) in [5.74, 6) is -3.43. The summed E-state index contributed by atoms with van der Waals surface area (Å²) < 4.78 is 26.9. The van der Waals surface area contributed by atoms with Gasteiger partial charge in [-0.1, -0.05) is 30.9 Å². The number of aromatic hydroxyl groups is 1. The maximum atomic E-state index is 13.2. The topological polar surface area (TPSA) is 74.7 Å². The highest BCUT2D eigenvalue weighted by Gasteiger charge is 2.31. The number of thioether (sulfide) groups is 1. The van der Waals surface area contributed by atoms with Crippen LogP contribution in [0.4, 0.5) is 8.78 Å². The van der Waals surface area contributed by atoms with E-state index in [0.29, 0.717) is 15.8 Å². The third kappa shape index (κ3) is 4.69. The van der Waals surface area contributed by atoms with Crippen LogP contribution in [0.15, 0.2) is 17.0 Å². The lowest BCUT2D eigenvalue weighted by atomic mass is 10.2. The molecule has 9 heteroatoms. The molecule has 23 heavy (non-hydrogen) atoms. The highest BCUT2D eigenvalue weighted by molar-refractivity contribution is 8.26. The summed E-state index contributed by atoms with van der Waals surface area (Å²) in [6.45, 7) is 2.44. The zero-order valence-electron chi connectivity index (χ0n) is 11.8. The van der Waals surface area contributed by atoms with E-state index >= 15 is 0 Å².